The Morgan fingerprint density at radius 2 is 1.94 bits per heavy atom. The number of piperazine rings is 1. The third kappa shape index (κ3) is 2.48. The van der Waals surface area contributed by atoms with Crippen molar-refractivity contribution in [2.75, 3.05) is 18.0 Å². The number of hydrogen-bond acceptors (Lipinski definition) is 4. The zero-order valence-electron chi connectivity index (χ0n) is 9.94. The van der Waals surface area contributed by atoms with Gasteiger partial charge in [0, 0.05) is 11.7 Å². The molecule has 3 N–H and O–H groups in total. The van der Waals surface area contributed by atoms with E-state index in [4.69, 9.17) is 5.73 Å². The lowest BCUT2D eigenvalue weighted by Gasteiger charge is -2.30. The second-order valence-electron chi connectivity index (χ2n) is 4.32. The van der Waals surface area contributed by atoms with Gasteiger partial charge in [0.15, 0.2) is 0 Å². The summed E-state index contributed by atoms with van der Waals surface area (Å²) in [4.78, 5) is 24.2. The predicted molar refractivity (Wildman–Crippen MR) is 64.4 cm³/mol. The van der Waals surface area contributed by atoms with Gasteiger partial charge >= 0.3 is 0 Å². The smallest absolute Gasteiger partial charge is 0.246 e. The Morgan fingerprint density at radius 3 is 2.50 bits per heavy atom. The van der Waals surface area contributed by atoms with Crippen molar-refractivity contribution >= 4 is 17.5 Å². The Balaban J connectivity index is 2.37. The van der Waals surface area contributed by atoms with Gasteiger partial charge in [-0.2, -0.15) is 0 Å². The lowest BCUT2D eigenvalue weighted by atomic mass is 10.0. The van der Waals surface area contributed by atoms with Gasteiger partial charge in [0.1, 0.15) is 5.82 Å². The van der Waals surface area contributed by atoms with Crippen LogP contribution in [0.15, 0.2) is 18.2 Å². The SMILES string of the molecule is C[C@H](N)c1cc(F)ccc1N1CC(=O)NC(=O)C1. The molecule has 0 aromatic heterocycles. The first-order chi connectivity index (χ1) is 8.47. The van der Waals surface area contributed by atoms with E-state index in [0.29, 0.717) is 11.3 Å². The maximum atomic E-state index is 13.2. The standard InChI is InChI=1S/C12H14FN3O2/c1-7(14)9-4-8(13)2-3-10(9)16-5-11(17)15-12(18)6-16/h2-4,7H,5-6,14H2,1H3,(H,15,17,18)/t7-/m0/s1. The number of carbonyl (C=O) groups excluding carboxylic acids is 2. The van der Waals surface area contributed by atoms with Crippen molar-refractivity contribution in [1.82, 2.24) is 5.32 Å². The van der Waals surface area contributed by atoms with Gasteiger partial charge in [-0.1, -0.05) is 0 Å². The molecule has 1 heterocycles. The van der Waals surface area contributed by atoms with Crippen LogP contribution in [0.25, 0.3) is 0 Å². The van der Waals surface area contributed by atoms with Gasteiger partial charge in [0.05, 0.1) is 13.1 Å². The van der Waals surface area contributed by atoms with E-state index in [1.807, 2.05) is 0 Å². The first kappa shape index (κ1) is 12.5. The number of rotatable bonds is 2. The average Bonchev–Trinajstić information content (AvgIpc) is 2.27. The molecule has 0 saturated carbocycles. The summed E-state index contributed by atoms with van der Waals surface area (Å²) in [7, 11) is 0. The van der Waals surface area contributed by atoms with Crippen molar-refractivity contribution in [3.8, 4) is 0 Å². The predicted octanol–water partition coefficient (Wildman–Crippen LogP) is 0.308. The topological polar surface area (TPSA) is 75.4 Å². The number of nitrogens with zero attached hydrogens (tertiary/aromatic N) is 1. The Hall–Kier alpha value is -1.95. The van der Waals surface area contributed by atoms with Crippen LogP contribution in [0.2, 0.25) is 0 Å². The van der Waals surface area contributed by atoms with Crippen LogP contribution < -0.4 is 16.0 Å². The quantitative estimate of drug-likeness (QED) is 0.742. The number of imide groups is 1. The zero-order chi connectivity index (χ0) is 13.3. The van der Waals surface area contributed by atoms with E-state index in [0.717, 1.165) is 0 Å². The van der Waals surface area contributed by atoms with Crippen molar-refractivity contribution in [3.05, 3.63) is 29.6 Å². The molecule has 96 valence electrons. The minimum absolute atomic E-state index is 0.0666. The Labute approximate surface area is 104 Å². The van der Waals surface area contributed by atoms with Crippen molar-refractivity contribution in [2.45, 2.75) is 13.0 Å². The second kappa shape index (κ2) is 4.73. The maximum Gasteiger partial charge on any atom is 0.246 e. The lowest BCUT2D eigenvalue weighted by Crippen LogP contribution is -2.51. The summed E-state index contributed by atoms with van der Waals surface area (Å²) in [5.74, 6) is -1.13. The van der Waals surface area contributed by atoms with Crippen molar-refractivity contribution < 1.29 is 14.0 Å². The molecule has 6 heteroatoms. The summed E-state index contributed by atoms with van der Waals surface area (Å²) < 4.78 is 13.2. The van der Waals surface area contributed by atoms with Gasteiger partial charge in [-0.15, -0.1) is 0 Å². The fourth-order valence-corrected chi connectivity index (χ4v) is 1.99. The number of anilines is 1. The lowest BCUT2D eigenvalue weighted by molar-refractivity contribution is -0.130. The fourth-order valence-electron chi connectivity index (χ4n) is 1.99. The number of carbonyl (C=O) groups is 2. The molecule has 2 rings (SSSR count). The van der Waals surface area contributed by atoms with Crippen molar-refractivity contribution in [3.63, 3.8) is 0 Å². The minimum Gasteiger partial charge on any atom is -0.353 e. The van der Waals surface area contributed by atoms with Gasteiger partial charge in [0.25, 0.3) is 0 Å². The molecule has 0 spiro atoms. The number of halogens is 1. The molecule has 0 aliphatic carbocycles. The number of benzene rings is 1. The largest absolute Gasteiger partial charge is 0.353 e. The molecule has 0 radical (unpaired) electrons. The van der Waals surface area contributed by atoms with Gasteiger partial charge < -0.3 is 10.6 Å². The molecule has 1 fully saturated rings. The minimum atomic E-state index is -0.390. The fraction of sp³-hybridized carbons (Fsp3) is 0.333. The van der Waals surface area contributed by atoms with Crippen LogP contribution in [-0.4, -0.2) is 24.9 Å². The molecule has 1 saturated heterocycles. The molecule has 5 nitrogen and oxygen atoms in total. The summed E-state index contributed by atoms with van der Waals surface area (Å²) in [6.45, 7) is 1.86. The third-order valence-corrected chi connectivity index (χ3v) is 2.77. The summed E-state index contributed by atoms with van der Waals surface area (Å²) in [6, 6.07) is 3.78. The number of hydrogen-bond donors (Lipinski definition) is 2. The number of nitrogens with two attached hydrogens (primary N) is 1. The molecule has 1 atom stereocenters. The van der Waals surface area contributed by atoms with Crippen LogP contribution in [-0.2, 0) is 9.59 Å². The van der Waals surface area contributed by atoms with E-state index in [9.17, 15) is 14.0 Å². The molecule has 1 aliphatic heterocycles. The highest BCUT2D eigenvalue weighted by atomic mass is 19.1. The van der Waals surface area contributed by atoms with Crippen LogP contribution in [0.4, 0.5) is 10.1 Å². The highest BCUT2D eigenvalue weighted by molar-refractivity contribution is 6.02. The first-order valence-electron chi connectivity index (χ1n) is 5.60. The van der Waals surface area contributed by atoms with E-state index in [2.05, 4.69) is 5.32 Å². The average molecular weight is 251 g/mol. The van der Waals surface area contributed by atoms with Crippen LogP contribution in [0.5, 0.6) is 0 Å². The molecule has 1 aliphatic rings. The van der Waals surface area contributed by atoms with E-state index >= 15 is 0 Å². The summed E-state index contributed by atoms with van der Waals surface area (Å²) >= 11 is 0. The summed E-state index contributed by atoms with van der Waals surface area (Å²) in [6.07, 6.45) is 0. The van der Waals surface area contributed by atoms with Crippen LogP contribution in [0.3, 0.4) is 0 Å². The molecule has 0 bridgehead atoms. The molecule has 1 aromatic rings. The van der Waals surface area contributed by atoms with Crippen LogP contribution in [0, 0.1) is 5.82 Å². The number of amides is 2. The monoisotopic (exact) mass is 251 g/mol. The highest BCUT2D eigenvalue weighted by Gasteiger charge is 2.25. The van der Waals surface area contributed by atoms with Gasteiger partial charge in [0.2, 0.25) is 11.8 Å². The normalized spacial score (nSPS) is 17.6. The molecule has 0 unspecified atom stereocenters. The Bertz CT molecular complexity index is 486. The van der Waals surface area contributed by atoms with E-state index in [-0.39, 0.29) is 36.8 Å². The Morgan fingerprint density at radius 1 is 1.33 bits per heavy atom. The molecule has 18 heavy (non-hydrogen) atoms. The second-order valence-corrected chi connectivity index (χ2v) is 4.32. The molecular formula is C12H14FN3O2. The first-order valence-corrected chi connectivity index (χ1v) is 5.60. The maximum absolute atomic E-state index is 13.2. The summed E-state index contributed by atoms with van der Waals surface area (Å²) in [5, 5.41) is 2.21. The van der Waals surface area contributed by atoms with Crippen molar-refractivity contribution in [1.29, 1.82) is 0 Å². The van der Waals surface area contributed by atoms with Gasteiger partial charge in [-0.05, 0) is 30.7 Å². The number of nitrogens with one attached hydrogen (secondary N) is 1. The Kier molecular flexibility index (Phi) is 3.29. The third-order valence-electron chi connectivity index (χ3n) is 2.77. The van der Waals surface area contributed by atoms with Crippen molar-refractivity contribution in [2.24, 2.45) is 5.73 Å². The molecule has 2 amide bonds. The molecular weight excluding hydrogens is 237 g/mol. The van der Waals surface area contributed by atoms with Crippen LogP contribution in [0.1, 0.15) is 18.5 Å². The van der Waals surface area contributed by atoms with Gasteiger partial charge in [-0.3, -0.25) is 14.9 Å². The zero-order valence-corrected chi connectivity index (χ0v) is 9.94. The molecule has 1 aromatic carbocycles. The van der Waals surface area contributed by atoms with E-state index < -0.39 is 0 Å². The van der Waals surface area contributed by atoms with E-state index in [1.54, 1.807) is 17.9 Å². The van der Waals surface area contributed by atoms with Gasteiger partial charge in [-0.25, -0.2) is 4.39 Å². The van der Waals surface area contributed by atoms with E-state index in [1.165, 1.54) is 12.1 Å². The highest BCUT2D eigenvalue weighted by Crippen LogP contribution is 2.26. The summed E-state index contributed by atoms with van der Waals surface area (Å²) in [5.41, 5.74) is 6.98. The van der Waals surface area contributed by atoms with Crippen LogP contribution >= 0.6 is 0 Å².